The molecule has 98 valence electrons. The minimum atomic E-state index is -0.153. The number of aromatic nitrogens is 1. The van der Waals surface area contributed by atoms with Gasteiger partial charge in [0.05, 0.1) is 12.8 Å². The van der Waals surface area contributed by atoms with Crippen molar-refractivity contribution in [3.63, 3.8) is 0 Å². The Balaban J connectivity index is 2.32. The van der Waals surface area contributed by atoms with Gasteiger partial charge in [0.2, 0.25) is 0 Å². The molecule has 0 amide bonds. The number of pyridine rings is 1. The highest BCUT2D eigenvalue weighted by molar-refractivity contribution is 5.71. The molecule has 0 aliphatic carbocycles. The fourth-order valence-corrected chi connectivity index (χ4v) is 2.67. The summed E-state index contributed by atoms with van der Waals surface area (Å²) < 4.78 is 6.95. The van der Waals surface area contributed by atoms with E-state index in [0.717, 1.165) is 34.6 Å². The SMILES string of the molecule is COc1ccc2c(c1)CCn1c-2c(C)c(O)cc1=O. The minimum Gasteiger partial charge on any atom is -0.507 e. The lowest BCUT2D eigenvalue weighted by Crippen LogP contribution is -2.26. The van der Waals surface area contributed by atoms with Crippen LogP contribution in [0.3, 0.4) is 0 Å². The number of methoxy groups -OCH3 is 1. The van der Waals surface area contributed by atoms with Crippen molar-refractivity contribution in [1.82, 2.24) is 4.57 Å². The van der Waals surface area contributed by atoms with Crippen LogP contribution in [-0.2, 0) is 13.0 Å². The normalized spacial score (nSPS) is 12.7. The number of fused-ring (bicyclic) bond motifs is 3. The Labute approximate surface area is 110 Å². The van der Waals surface area contributed by atoms with Gasteiger partial charge in [-0.2, -0.15) is 0 Å². The van der Waals surface area contributed by atoms with Gasteiger partial charge in [0.25, 0.3) is 5.56 Å². The third-order valence-corrected chi connectivity index (χ3v) is 3.71. The van der Waals surface area contributed by atoms with Crippen molar-refractivity contribution >= 4 is 0 Å². The van der Waals surface area contributed by atoms with Gasteiger partial charge >= 0.3 is 0 Å². The Morgan fingerprint density at radius 2 is 2.11 bits per heavy atom. The number of aromatic hydroxyl groups is 1. The molecule has 1 aromatic carbocycles. The molecule has 1 N–H and O–H groups in total. The van der Waals surface area contributed by atoms with Gasteiger partial charge < -0.3 is 14.4 Å². The zero-order chi connectivity index (χ0) is 13.6. The summed E-state index contributed by atoms with van der Waals surface area (Å²) >= 11 is 0. The zero-order valence-corrected chi connectivity index (χ0v) is 10.9. The smallest absolute Gasteiger partial charge is 0.254 e. The maximum atomic E-state index is 11.9. The fraction of sp³-hybridized carbons (Fsp3) is 0.267. The molecule has 0 spiro atoms. The van der Waals surface area contributed by atoms with E-state index < -0.39 is 0 Å². The summed E-state index contributed by atoms with van der Waals surface area (Å²) in [5.41, 5.74) is 3.55. The predicted octanol–water partition coefficient (Wildman–Crippen LogP) is 2.09. The van der Waals surface area contributed by atoms with Gasteiger partial charge in [-0.25, -0.2) is 0 Å². The Morgan fingerprint density at radius 1 is 1.32 bits per heavy atom. The van der Waals surface area contributed by atoms with Crippen LogP contribution >= 0.6 is 0 Å². The molecule has 0 fully saturated rings. The average molecular weight is 257 g/mol. The molecule has 0 saturated heterocycles. The van der Waals surface area contributed by atoms with E-state index in [1.54, 1.807) is 11.7 Å². The standard InChI is InChI=1S/C15H15NO3/c1-9-13(17)8-14(18)16-6-5-10-7-11(19-2)3-4-12(10)15(9)16/h3-4,7-8,17H,5-6H2,1-2H3. The van der Waals surface area contributed by atoms with Crippen molar-refractivity contribution in [2.45, 2.75) is 19.9 Å². The van der Waals surface area contributed by atoms with Crippen molar-refractivity contribution in [2.24, 2.45) is 0 Å². The first-order chi connectivity index (χ1) is 9.11. The zero-order valence-electron chi connectivity index (χ0n) is 10.9. The molecule has 0 unspecified atom stereocenters. The van der Waals surface area contributed by atoms with E-state index >= 15 is 0 Å². The molecule has 3 rings (SSSR count). The lowest BCUT2D eigenvalue weighted by molar-refractivity contribution is 0.414. The maximum Gasteiger partial charge on any atom is 0.254 e. The molecule has 0 atom stereocenters. The summed E-state index contributed by atoms with van der Waals surface area (Å²) in [7, 11) is 1.64. The van der Waals surface area contributed by atoms with E-state index in [4.69, 9.17) is 4.74 Å². The fourth-order valence-electron chi connectivity index (χ4n) is 2.67. The molecule has 0 radical (unpaired) electrons. The first-order valence-corrected chi connectivity index (χ1v) is 6.22. The largest absolute Gasteiger partial charge is 0.507 e. The summed E-state index contributed by atoms with van der Waals surface area (Å²) in [6.07, 6.45) is 0.795. The molecule has 0 saturated carbocycles. The van der Waals surface area contributed by atoms with Crippen LogP contribution in [0.2, 0.25) is 0 Å². The number of benzene rings is 1. The number of hydrogen-bond donors (Lipinski definition) is 1. The van der Waals surface area contributed by atoms with Crippen molar-refractivity contribution in [3.05, 3.63) is 45.7 Å². The highest BCUT2D eigenvalue weighted by atomic mass is 16.5. The van der Waals surface area contributed by atoms with Gasteiger partial charge in [-0.05, 0) is 37.1 Å². The second kappa shape index (κ2) is 4.16. The van der Waals surface area contributed by atoms with Gasteiger partial charge in [-0.1, -0.05) is 0 Å². The van der Waals surface area contributed by atoms with E-state index in [1.165, 1.54) is 6.07 Å². The molecule has 2 heterocycles. The molecule has 2 aromatic rings. The summed E-state index contributed by atoms with van der Waals surface area (Å²) in [5, 5.41) is 9.84. The highest BCUT2D eigenvalue weighted by Gasteiger charge is 2.21. The van der Waals surface area contributed by atoms with Gasteiger partial charge in [0, 0.05) is 23.7 Å². The molecule has 0 bridgehead atoms. The Morgan fingerprint density at radius 3 is 2.84 bits per heavy atom. The number of hydrogen-bond acceptors (Lipinski definition) is 3. The minimum absolute atomic E-state index is 0.0555. The Bertz CT molecular complexity index is 716. The number of rotatable bonds is 1. The second-order valence-electron chi connectivity index (χ2n) is 4.77. The predicted molar refractivity (Wildman–Crippen MR) is 72.8 cm³/mol. The molecule has 4 heteroatoms. The molecule has 19 heavy (non-hydrogen) atoms. The van der Waals surface area contributed by atoms with E-state index in [2.05, 4.69) is 0 Å². The second-order valence-corrected chi connectivity index (χ2v) is 4.77. The third kappa shape index (κ3) is 1.71. The summed E-state index contributed by atoms with van der Waals surface area (Å²) in [4.78, 5) is 11.9. The number of aryl methyl sites for hydroxylation is 1. The Kier molecular flexibility index (Phi) is 2.59. The Hall–Kier alpha value is -2.23. The molecular formula is C15H15NO3. The van der Waals surface area contributed by atoms with Crippen LogP contribution in [0.5, 0.6) is 11.5 Å². The number of nitrogens with zero attached hydrogens (tertiary/aromatic N) is 1. The monoisotopic (exact) mass is 257 g/mol. The number of ether oxygens (including phenoxy) is 1. The topological polar surface area (TPSA) is 51.5 Å². The highest BCUT2D eigenvalue weighted by Crippen LogP contribution is 2.35. The van der Waals surface area contributed by atoms with Crippen LogP contribution in [-0.4, -0.2) is 16.8 Å². The van der Waals surface area contributed by atoms with Crippen molar-refractivity contribution in [2.75, 3.05) is 7.11 Å². The maximum absolute atomic E-state index is 11.9. The molecule has 4 nitrogen and oxygen atoms in total. The van der Waals surface area contributed by atoms with Crippen LogP contribution in [0.15, 0.2) is 29.1 Å². The first kappa shape index (κ1) is 11.8. The van der Waals surface area contributed by atoms with Gasteiger partial charge in [0.1, 0.15) is 11.5 Å². The molecule has 1 aromatic heterocycles. The molecule has 1 aliphatic heterocycles. The van der Waals surface area contributed by atoms with Crippen LogP contribution in [0.25, 0.3) is 11.3 Å². The summed E-state index contributed by atoms with van der Waals surface area (Å²) in [6.45, 7) is 2.47. The first-order valence-electron chi connectivity index (χ1n) is 6.22. The van der Waals surface area contributed by atoms with Gasteiger partial charge in [-0.3, -0.25) is 4.79 Å². The van der Waals surface area contributed by atoms with E-state index in [0.29, 0.717) is 6.54 Å². The van der Waals surface area contributed by atoms with Crippen molar-refractivity contribution in [3.8, 4) is 22.8 Å². The van der Waals surface area contributed by atoms with Crippen LogP contribution in [0.4, 0.5) is 0 Å². The van der Waals surface area contributed by atoms with Gasteiger partial charge in [0.15, 0.2) is 0 Å². The third-order valence-electron chi connectivity index (χ3n) is 3.71. The summed E-state index contributed by atoms with van der Waals surface area (Å²) in [6, 6.07) is 7.10. The van der Waals surface area contributed by atoms with Gasteiger partial charge in [-0.15, -0.1) is 0 Å². The van der Waals surface area contributed by atoms with E-state index in [9.17, 15) is 9.90 Å². The van der Waals surface area contributed by atoms with E-state index in [-0.39, 0.29) is 11.3 Å². The molecule has 1 aliphatic rings. The van der Waals surface area contributed by atoms with Crippen molar-refractivity contribution in [1.29, 1.82) is 0 Å². The lowest BCUT2D eigenvalue weighted by Gasteiger charge is -2.24. The lowest BCUT2D eigenvalue weighted by atomic mass is 9.94. The molecular weight excluding hydrogens is 242 g/mol. The van der Waals surface area contributed by atoms with Crippen molar-refractivity contribution < 1.29 is 9.84 Å². The van der Waals surface area contributed by atoms with Crippen LogP contribution < -0.4 is 10.3 Å². The van der Waals surface area contributed by atoms with E-state index in [1.807, 2.05) is 25.1 Å². The summed E-state index contributed by atoms with van der Waals surface area (Å²) in [5.74, 6) is 0.868. The quantitative estimate of drug-likeness (QED) is 0.851. The van der Waals surface area contributed by atoms with Crippen LogP contribution in [0, 0.1) is 6.92 Å². The average Bonchev–Trinajstić information content (AvgIpc) is 2.43. The van der Waals surface area contributed by atoms with Crippen LogP contribution in [0.1, 0.15) is 11.1 Å².